The SMILES string of the molecule is CCC(CC)CC(=O)c1cccnc1C. The van der Waals surface area contributed by atoms with E-state index < -0.39 is 0 Å². The van der Waals surface area contributed by atoms with Gasteiger partial charge in [-0.15, -0.1) is 0 Å². The monoisotopic (exact) mass is 205 g/mol. The topological polar surface area (TPSA) is 30.0 Å². The van der Waals surface area contributed by atoms with Gasteiger partial charge in [-0.05, 0) is 25.0 Å². The Bertz CT molecular complexity index is 329. The molecule has 1 rings (SSSR count). The molecule has 0 fully saturated rings. The Hall–Kier alpha value is -1.18. The standard InChI is InChI=1S/C13H19NO/c1-4-11(5-2)9-13(15)12-7-6-8-14-10(12)3/h6-8,11H,4-5,9H2,1-3H3. The van der Waals surface area contributed by atoms with Crippen LogP contribution in [0.1, 0.15) is 49.2 Å². The third kappa shape index (κ3) is 3.15. The number of aromatic nitrogens is 1. The summed E-state index contributed by atoms with van der Waals surface area (Å²) >= 11 is 0. The Balaban J connectivity index is 2.73. The molecule has 0 bridgehead atoms. The summed E-state index contributed by atoms with van der Waals surface area (Å²) in [5.41, 5.74) is 1.62. The minimum absolute atomic E-state index is 0.231. The average molecular weight is 205 g/mol. The molecule has 0 unspecified atom stereocenters. The molecule has 1 heterocycles. The minimum atomic E-state index is 0.231. The van der Waals surface area contributed by atoms with Crippen molar-refractivity contribution in [1.29, 1.82) is 0 Å². The van der Waals surface area contributed by atoms with E-state index in [9.17, 15) is 4.79 Å². The first-order valence-electron chi connectivity index (χ1n) is 5.63. The molecular weight excluding hydrogens is 186 g/mol. The molecule has 2 heteroatoms. The maximum atomic E-state index is 12.0. The molecule has 0 spiro atoms. The van der Waals surface area contributed by atoms with Crippen LogP contribution >= 0.6 is 0 Å². The van der Waals surface area contributed by atoms with Gasteiger partial charge in [-0.1, -0.05) is 26.7 Å². The zero-order valence-electron chi connectivity index (χ0n) is 9.79. The largest absolute Gasteiger partial charge is 0.294 e. The van der Waals surface area contributed by atoms with Crippen molar-refractivity contribution in [1.82, 2.24) is 4.98 Å². The van der Waals surface area contributed by atoms with Crippen LogP contribution in [-0.2, 0) is 0 Å². The van der Waals surface area contributed by atoms with Crippen molar-refractivity contribution >= 4 is 5.78 Å². The number of ketones is 1. The van der Waals surface area contributed by atoms with Crippen molar-refractivity contribution in [2.45, 2.75) is 40.0 Å². The highest BCUT2D eigenvalue weighted by Crippen LogP contribution is 2.17. The lowest BCUT2D eigenvalue weighted by Crippen LogP contribution is -2.09. The zero-order chi connectivity index (χ0) is 11.3. The second-order valence-electron chi connectivity index (χ2n) is 3.95. The molecule has 0 amide bonds. The Morgan fingerprint density at radius 2 is 2.07 bits per heavy atom. The Morgan fingerprint density at radius 1 is 1.40 bits per heavy atom. The van der Waals surface area contributed by atoms with E-state index in [-0.39, 0.29) is 5.78 Å². The lowest BCUT2D eigenvalue weighted by Gasteiger charge is -2.11. The highest BCUT2D eigenvalue weighted by molar-refractivity contribution is 5.97. The van der Waals surface area contributed by atoms with Crippen LogP contribution in [0.4, 0.5) is 0 Å². The molecule has 0 aliphatic heterocycles. The quantitative estimate of drug-likeness (QED) is 0.689. The van der Waals surface area contributed by atoms with Crippen LogP contribution in [0.15, 0.2) is 18.3 Å². The maximum Gasteiger partial charge on any atom is 0.164 e. The van der Waals surface area contributed by atoms with Crippen LogP contribution < -0.4 is 0 Å². The molecule has 0 aromatic carbocycles. The smallest absolute Gasteiger partial charge is 0.164 e. The highest BCUT2D eigenvalue weighted by Gasteiger charge is 2.13. The highest BCUT2D eigenvalue weighted by atomic mass is 16.1. The summed E-state index contributed by atoms with van der Waals surface area (Å²) < 4.78 is 0. The van der Waals surface area contributed by atoms with Gasteiger partial charge in [0.25, 0.3) is 0 Å². The second-order valence-corrected chi connectivity index (χ2v) is 3.95. The van der Waals surface area contributed by atoms with E-state index in [0.717, 1.165) is 24.1 Å². The number of nitrogens with zero attached hydrogens (tertiary/aromatic N) is 1. The Morgan fingerprint density at radius 3 is 2.60 bits per heavy atom. The van der Waals surface area contributed by atoms with Crippen molar-refractivity contribution in [3.05, 3.63) is 29.6 Å². The average Bonchev–Trinajstić information content (AvgIpc) is 2.26. The molecule has 0 N–H and O–H groups in total. The number of hydrogen-bond donors (Lipinski definition) is 0. The molecule has 0 saturated heterocycles. The summed E-state index contributed by atoms with van der Waals surface area (Å²) in [6, 6.07) is 3.69. The van der Waals surface area contributed by atoms with Crippen LogP contribution in [0.5, 0.6) is 0 Å². The summed E-state index contributed by atoms with van der Waals surface area (Å²) in [6.07, 6.45) is 4.52. The van der Waals surface area contributed by atoms with Crippen LogP contribution in [-0.4, -0.2) is 10.8 Å². The van der Waals surface area contributed by atoms with Gasteiger partial charge < -0.3 is 0 Å². The van der Waals surface area contributed by atoms with E-state index in [1.54, 1.807) is 6.20 Å². The number of carbonyl (C=O) groups is 1. The molecule has 0 aliphatic carbocycles. The maximum absolute atomic E-state index is 12.0. The Kier molecular flexibility index (Phi) is 4.47. The number of pyridine rings is 1. The first-order valence-corrected chi connectivity index (χ1v) is 5.63. The Labute approximate surface area is 91.7 Å². The fraction of sp³-hybridized carbons (Fsp3) is 0.538. The lowest BCUT2D eigenvalue weighted by atomic mass is 9.93. The van der Waals surface area contributed by atoms with Gasteiger partial charge in [-0.25, -0.2) is 0 Å². The van der Waals surface area contributed by atoms with E-state index in [4.69, 9.17) is 0 Å². The predicted molar refractivity (Wildman–Crippen MR) is 62.0 cm³/mol. The second kappa shape index (κ2) is 5.64. The number of aryl methyl sites for hydroxylation is 1. The van der Waals surface area contributed by atoms with Gasteiger partial charge >= 0.3 is 0 Å². The van der Waals surface area contributed by atoms with E-state index in [2.05, 4.69) is 18.8 Å². The van der Waals surface area contributed by atoms with Crippen LogP contribution in [0.3, 0.4) is 0 Å². The van der Waals surface area contributed by atoms with Crippen LogP contribution in [0.2, 0.25) is 0 Å². The summed E-state index contributed by atoms with van der Waals surface area (Å²) in [6.45, 7) is 6.16. The van der Waals surface area contributed by atoms with E-state index >= 15 is 0 Å². The molecule has 15 heavy (non-hydrogen) atoms. The number of carbonyl (C=O) groups excluding carboxylic acids is 1. The lowest BCUT2D eigenvalue weighted by molar-refractivity contribution is 0.0957. The minimum Gasteiger partial charge on any atom is -0.294 e. The summed E-state index contributed by atoms with van der Waals surface area (Å²) in [7, 11) is 0. The van der Waals surface area contributed by atoms with Gasteiger partial charge in [0.1, 0.15) is 0 Å². The van der Waals surface area contributed by atoms with Gasteiger partial charge in [-0.3, -0.25) is 9.78 Å². The number of rotatable bonds is 5. The normalized spacial score (nSPS) is 10.7. The fourth-order valence-electron chi connectivity index (χ4n) is 1.73. The number of Topliss-reactive ketones (excluding diaryl/α,β-unsaturated/α-hetero) is 1. The van der Waals surface area contributed by atoms with Crippen molar-refractivity contribution in [3.8, 4) is 0 Å². The third-order valence-corrected chi connectivity index (χ3v) is 2.94. The van der Waals surface area contributed by atoms with E-state index in [0.29, 0.717) is 12.3 Å². The van der Waals surface area contributed by atoms with Gasteiger partial charge in [-0.2, -0.15) is 0 Å². The van der Waals surface area contributed by atoms with E-state index in [1.165, 1.54) is 0 Å². The van der Waals surface area contributed by atoms with E-state index in [1.807, 2.05) is 19.1 Å². The molecule has 0 aliphatic rings. The molecular formula is C13H19NO. The van der Waals surface area contributed by atoms with Gasteiger partial charge in [0, 0.05) is 23.9 Å². The third-order valence-electron chi connectivity index (χ3n) is 2.94. The van der Waals surface area contributed by atoms with Crippen LogP contribution in [0.25, 0.3) is 0 Å². The molecule has 0 radical (unpaired) electrons. The predicted octanol–water partition coefficient (Wildman–Crippen LogP) is 3.40. The van der Waals surface area contributed by atoms with Gasteiger partial charge in [0.15, 0.2) is 5.78 Å². The van der Waals surface area contributed by atoms with Crippen molar-refractivity contribution in [2.24, 2.45) is 5.92 Å². The molecule has 82 valence electrons. The van der Waals surface area contributed by atoms with Crippen molar-refractivity contribution in [2.75, 3.05) is 0 Å². The van der Waals surface area contributed by atoms with Gasteiger partial charge in [0.05, 0.1) is 0 Å². The van der Waals surface area contributed by atoms with Crippen LogP contribution in [0, 0.1) is 12.8 Å². The summed E-state index contributed by atoms with van der Waals surface area (Å²) in [5, 5.41) is 0. The number of hydrogen-bond acceptors (Lipinski definition) is 2. The molecule has 1 aromatic rings. The molecule has 0 saturated carbocycles. The fourth-order valence-corrected chi connectivity index (χ4v) is 1.73. The molecule has 1 aromatic heterocycles. The van der Waals surface area contributed by atoms with Gasteiger partial charge in [0.2, 0.25) is 0 Å². The van der Waals surface area contributed by atoms with Crippen molar-refractivity contribution in [3.63, 3.8) is 0 Å². The first kappa shape index (κ1) is 11.9. The summed E-state index contributed by atoms with van der Waals surface area (Å²) in [5.74, 6) is 0.742. The van der Waals surface area contributed by atoms with Crippen molar-refractivity contribution < 1.29 is 4.79 Å². The summed E-state index contributed by atoms with van der Waals surface area (Å²) in [4.78, 5) is 16.1. The zero-order valence-corrected chi connectivity index (χ0v) is 9.79. The first-order chi connectivity index (χ1) is 7.19. The molecule has 2 nitrogen and oxygen atoms in total. The molecule has 0 atom stereocenters.